The number of rotatable bonds is 8. The molecule has 0 spiro atoms. The highest BCUT2D eigenvalue weighted by Gasteiger charge is 2.13. The zero-order chi connectivity index (χ0) is 18.4. The number of hydrogen-bond acceptors (Lipinski definition) is 5. The van der Waals surface area contributed by atoms with Crippen LogP contribution in [0.25, 0.3) is 0 Å². The zero-order valence-corrected chi connectivity index (χ0v) is 15.9. The van der Waals surface area contributed by atoms with E-state index in [1.807, 2.05) is 17.5 Å². The van der Waals surface area contributed by atoms with Crippen molar-refractivity contribution in [3.8, 4) is 5.75 Å². The molecule has 1 N–H and O–H groups in total. The summed E-state index contributed by atoms with van der Waals surface area (Å²) in [6.45, 7) is 0.549. The Balaban J connectivity index is 1.53. The molecule has 1 unspecified atom stereocenters. The predicted octanol–water partition coefficient (Wildman–Crippen LogP) is 3.63. The lowest BCUT2D eigenvalue weighted by atomic mass is 10.3. The second-order valence-electron chi connectivity index (χ2n) is 5.52. The topological polar surface area (TPSA) is 68.5 Å². The van der Waals surface area contributed by atoms with E-state index in [1.54, 1.807) is 54.8 Å². The monoisotopic (exact) mass is 389 g/mol. The molecule has 7 heteroatoms. The maximum absolute atomic E-state index is 12.4. The summed E-state index contributed by atoms with van der Waals surface area (Å²) in [6, 6.07) is 14.4. The van der Waals surface area contributed by atoms with Crippen LogP contribution in [0.15, 0.2) is 63.2 Å². The molecule has 0 aliphatic heterocycles. The highest BCUT2D eigenvalue weighted by Crippen LogP contribution is 2.18. The van der Waals surface area contributed by atoms with Crippen molar-refractivity contribution in [2.45, 2.75) is 17.1 Å². The van der Waals surface area contributed by atoms with Crippen molar-refractivity contribution in [1.29, 1.82) is 0 Å². The summed E-state index contributed by atoms with van der Waals surface area (Å²) in [7, 11) is 0.335. The number of hydrogen-bond donors (Lipinski definition) is 1. The molecule has 136 valence electrons. The fourth-order valence-corrected chi connectivity index (χ4v) is 4.09. The number of carbonyl (C=O) groups is 1. The van der Waals surface area contributed by atoms with Gasteiger partial charge in [0, 0.05) is 16.3 Å². The Morgan fingerprint density at radius 1 is 1.19 bits per heavy atom. The number of amides is 1. The van der Waals surface area contributed by atoms with Gasteiger partial charge in [-0.1, -0.05) is 6.07 Å². The molecule has 0 fully saturated rings. The Labute approximate surface area is 158 Å². The second-order valence-corrected chi connectivity index (χ2v) is 8.00. The van der Waals surface area contributed by atoms with Crippen molar-refractivity contribution < 1.29 is 18.2 Å². The van der Waals surface area contributed by atoms with Crippen LogP contribution in [0.4, 0.5) is 0 Å². The number of furan rings is 1. The Morgan fingerprint density at radius 3 is 2.69 bits per heavy atom. The first-order chi connectivity index (χ1) is 12.7. The molecule has 0 saturated heterocycles. The fraction of sp³-hybridized carbons (Fsp3) is 0.211. The third kappa shape index (κ3) is 4.83. The van der Waals surface area contributed by atoms with Gasteiger partial charge in [0.15, 0.2) is 5.76 Å². The van der Waals surface area contributed by atoms with Crippen molar-refractivity contribution in [2.75, 3.05) is 13.7 Å². The molecule has 1 aromatic carbocycles. The lowest BCUT2D eigenvalue weighted by molar-refractivity contribution is 0.0925. The van der Waals surface area contributed by atoms with Gasteiger partial charge in [0.05, 0.1) is 23.7 Å². The predicted molar refractivity (Wildman–Crippen MR) is 102 cm³/mol. The zero-order valence-electron chi connectivity index (χ0n) is 14.3. The maximum atomic E-state index is 12.4. The minimum absolute atomic E-state index is 0.217. The Kier molecular flexibility index (Phi) is 6.25. The van der Waals surface area contributed by atoms with Crippen molar-refractivity contribution >= 4 is 28.0 Å². The van der Waals surface area contributed by atoms with Crippen LogP contribution in [0.2, 0.25) is 0 Å². The molecule has 2 heterocycles. The molecule has 1 atom stereocenters. The third-order valence-electron chi connectivity index (χ3n) is 3.72. The maximum Gasteiger partial charge on any atom is 0.287 e. The van der Waals surface area contributed by atoms with Gasteiger partial charge in [-0.2, -0.15) is 0 Å². The van der Waals surface area contributed by atoms with E-state index >= 15 is 0 Å². The Morgan fingerprint density at radius 2 is 2.00 bits per heavy atom. The molecule has 0 bridgehead atoms. The molecule has 5 nitrogen and oxygen atoms in total. The van der Waals surface area contributed by atoms with Crippen LogP contribution in [-0.4, -0.2) is 23.8 Å². The molecule has 1 amide bonds. The first-order valence-electron chi connectivity index (χ1n) is 8.07. The van der Waals surface area contributed by atoms with E-state index < -0.39 is 10.8 Å². The molecule has 26 heavy (non-hydrogen) atoms. The Hall–Kier alpha value is -2.38. The van der Waals surface area contributed by atoms with Crippen LogP contribution in [0, 0.1) is 0 Å². The fourth-order valence-electron chi connectivity index (χ4n) is 2.36. The molecule has 3 rings (SSSR count). The van der Waals surface area contributed by atoms with Gasteiger partial charge in [-0.05, 0) is 54.3 Å². The summed E-state index contributed by atoms with van der Waals surface area (Å²) in [4.78, 5) is 14.0. The van der Waals surface area contributed by atoms with Crippen LogP contribution >= 0.6 is 11.3 Å². The summed E-state index contributed by atoms with van der Waals surface area (Å²) in [5.74, 6) is 1.42. The number of ether oxygens (including phenoxy) is 1. The highest BCUT2D eigenvalue weighted by molar-refractivity contribution is 7.84. The average molecular weight is 389 g/mol. The van der Waals surface area contributed by atoms with Gasteiger partial charge in [0.1, 0.15) is 11.5 Å². The van der Waals surface area contributed by atoms with Gasteiger partial charge in [0.25, 0.3) is 5.91 Å². The van der Waals surface area contributed by atoms with Crippen LogP contribution in [0.5, 0.6) is 5.75 Å². The van der Waals surface area contributed by atoms with E-state index in [0.29, 0.717) is 22.9 Å². The number of carbonyl (C=O) groups excluding carboxylic acids is 1. The van der Waals surface area contributed by atoms with E-state index in [1.165, 1.54) is 4.88 Å². The molecule has 2 aromatic heterocycles. The van der Waals surface area contributed by atoms with Crippen LogP contribution in [-0.2, 0) is 23.0 Å². The summed E-state index contributed by atoms with van der Waals surface area (Å²) in [5.41, 5.74) is 0. The van der Waals surface area contributed by atoms with Gasteiger partial charge >= 0.3 is 0 Å². The van der Waals surface area contributed by atoms with Crippen LogP contribution in [0.1, 0.15) is 21.2 Å². The summed E-state index contributed by atoms with van der Waals surface area (Å²) in [6.07, 6.45) is 0.790. The lowest BCUT2D eigenvalue weighted by Crippen LogP contribution is -2.25. The van der Waals surface area contributed by atoms with E-state index in [2.05, 4.69) is 5.32 Å². The highest BCUT2D eigenvalue weighted by atomic mass is 32.2. The van der Waals surface area contributed by atoms with Crippen molar-refractivity contribution in [1.82, 2.24) is 5.32 Å². The van der Waals surface area contributed by atoms with Gasteiger partial charge in [-0.25, -0.2) is 0 Å². The van der Waals surface area contributed by atoms with E-state index in [0.717, 1.165) is 6.42 Å². The van der Waals surface area contributed by atoms with Gasteiger partial charge in [-0.3, -0.25) is 9.00 Å². The van der Waals surface area contributed by atoms with Crippen molar-refractivity contribution in [3.63, 3.8) is 0 Å². The quantitative estimate of drug-likeness (QED) is 0.639. The smallest absolute Gasteiger partial charge is 0.287 e. The minimum Gasteiger partial charge on any atom is -0.497 e. The standard InChI is InChI=1S/C19H19NO4S2/c1-23-14-4-7-17(8-5-14)26(22)13-15-6-9-18(24-15)19(21)20-11-10-16-3-2-12-25-16/h2-9,12H,10-11,13H2,1H3,(H,20,21). The van der Waals surface area contributed by atoms with Gasteiger partial charge < -0.3 is 14.5 Å². The second kappa shape index (κ2) is 8.82. The number of thiophene rings is 1. The van der Waals surface area contributed by atoms with E-state index in [4.69, 9.17) is 9.15 Å². The number of benzene rings is 1. The molecule has 0 saturated carbocycles. The first kappa shape index (κ1) is 18.4. The molecular formula is C19H19NO4S2. The minimum atomic E-state index is -1.25. The molecule has 0 aliphatic rings. The van der Waals surface area contributed by atoms with Gasteiger partial charge in [-0.15, -0.1) is 11.3 Å². The molecule has 0 aliphatic carbocycles. The molecular weight excluding hydrogens is 370 g/mol. The summed E-state index contributed by atoms with van der Waals surface area (Å²) < 4.78 is 23.0. The summed E-state index contributed by atoms with van der Waals surface area (Å²) >= 11 is 1.67. The lowest BCUT2D eigenvalue weighted by Gasteiger charge is -2.03. The van der Waals surface area contributed by atoms with Crippen LogP contribution < -0.4 is 10.1 Å². The Bertz CT molecular complexity index is 869. The molecule has 3 aromatic rings. The van der Waals surface area contributed by atoms with E-state index in [-0.39, 0.29) is 17.4 Å². The SMILES string of the molecule is COc1ccc(S(=O)Cc2ccc(C(=O)NCCc3cccs3)o2)cc1. The van der Waals surface area contributed by atoms with Crippen molar-refractivity contribution in [3.05, 3.63) is 70.3 Å². The summed E-state index contributed by atoms with van der Waals surface area (Å²) in [5, 5.41) is 4.85. The largest absolute Gasteiger partial charge is 0.497 e. The van der Waals surface area contributed by atoms with Crippen LogP contribution in [0.3, 0.4) is 0 Å². The normalized spacial score (nSPS) is 11.9. The molecule has 0 radical (unpaired) electrons. The van der Waals surface area contributed by atoms with E-state index in [9.17, 15) is 9.00 Å². The number of nitrogens with one attached hydrogen (secondary N) is 1. The van der Waals surface area contributed by atoms with Gasteiger partial charge in [0.2, 0.25) is 0 Å². The first-order valence-corrected chi connectivity index (χ1v) is 10.3. The number of methoxy groups -OCH3 is 1. The van der Waals surface area contributed by atoms with Crippen molar-refractivity contribution in [2.24, 2.45) is 0 Å². The third-order valence-corrected chi connectivity index (χ3v) is 6.00. The average Bonchev–Trinajstić information content (AvgIpc) is 3.34.